The maximum Gasteiger partial charge on any atom is 0.408 e. The van der Waals surface area contributed by atoms with Crippen molar-refractivity contribution in [2.75, 3.05) is 49.4 Å². The van der Waals surface area contributed by atoms with Crippen LogP contribution in [0.3, 0.4) is 0 Å². The average Bonchev–Trinajstić information content (AvgIpc) is 2.98. The maximum absolute atomic E-state index is 13.2. The summed E-state index contributed by atoms with van der Waals surface area (Å²) in [7, 11) is 1.00. The number of pyridine rings is 1. The number of morpholine rings is 1. The Kier molecular flexibility index (Phi) is 11.3. The standard InChI is InChI=1S/C28H33N7O5.CH4O/c1-28(2,3)40-27(38)32-20(17-36)14-18-4-6-19(7-5-18)21-16-31-25(29)24(33-21)26(37)34-22-15-30-9-8-23(22)35-10-12-39-13-11-35;1-2/h4-9,15-17,20H,10-14H2,1-3H3,(H2,29,31)(H,32,38)(H,34,37);2H,1H3. The van der Waals surface area contributed by atoms with E-state index in [2.05, 4.69) is 30.5 Å². The van der Waals surface area contributed by atoms with Crippen LogP contribution in [0.4, 0.5) is 22.0 Å². The summed E-state index contributed by atoms with van der Waals surface area (Å²) in [5, 5.41) is 12.4. The van der Waals surface area contributed by atoms with Gasteiger partial charge in [0, 0.05) is 32.0 Å². The lowest BCUT2D eigenvalue weighted by molar-refractivity contribution is -0.109. The van der Waals surface area contributed by atoms with Gasteiger partial charge in [0.05, 0.1) is 48.7 Å². The molecule has 0 aliphatic carbocycles. The number of benzene rings is 1. The van der Waals surface area contributed by atoms with Crippen molar-refractivity contribution in [2.24, 2.45) is 0 Å². The van der Waals surface area contributed by atoms with Gasteiger partial charge in [-0.2, -0.15) is 0 Å². The second-order valence-electron chi connectivity index (χ2n) is 10.2. The number of nitrogen functional groups attached to an aromatic ring is 1. The van der Waals surface area contributed by atoms with Gasteiger partial charge in [-0.3, -0.25) is 9.78 Å². The highest BCUT2D eigenvalue weighted by atomic mass is 16.6. The minimum atomic E-state index is -0.748. The van der Waals surface area contributed by atoms with Crippen LogP contribution in [0.25, 0.3) is 11.3 Å². The van der Waals surface area contributed by atoms with Gasteiger partial charge < -0.3 is 40.6 Å². The van der Waals surface area contributed by atoms with E-state index in [4.69, 9.17) is 20.3 Å². The van der Waals surface area contributed by atoms with E-state index in [-0.39, 0.29) is 17.9 Å². The summed E-state index contributed by atoms with van der Waals surface area (Å²) >= 11 is 0. The molecular weight excluding hydrogens is 542 g/mol. The molecule has 1 unspecified atom stereocenters. The molecule has 2 amide bonds. The minimum Gasteiger partial charge on any atom is -0.444 e. The van der Waals surface area contributed by atoms with Gasteiger partial charge in [-0.05, 0) is 38.8 Å². The van der Waals surface area contributed by atoms with Crippen molar-refractivity contribution in [2.45, 2.75) is 38.8 Å². The van der Waals surface area contributed by atoms with Crippen molar-refractivity contribution in [3.05, 3.63) is 60.2 Å². The number of ether oxygens (including phenoxy) is 2. The first-order valence-electron chi connectivity index (χ1n) is 13.3. The molecule has 1 aromatic carbocycles. The van der Waals surface area contributed by atoms with E-state index in [1.54, 1.807) is 45.3 Å². The van der Waals surface area contributed by atoms with Gasteiger partial charge in [0.1, 0.15) is 11.9 Å². The van der Waals surface area contributed by atoms with Crippen LogP contribution in [0.2, 0.25) is 0 Å². The van der Waals surface area contributed by atoms with Crippen LogP contribution in [0.5, 0.6) is 0 Å². The number of aromatic nitrogens is 3. The van der Waals surface area contributed by atoms with Crippen LogP contribution in [0.15, 0.2) is 48.9 Å². The third kappa shape index (κ3) is 8.94. The molecule has 3 heterocycles. The van der Waals surface area contributed by atoms with Gasteiger partial charge in [0.2, 0.25) is 0 Å². The third-order valence-corrected chi connectivity index (χ3v) is 5.99. The fourth-order valence-electron chi connectivity index (χ4n) is 4.11. The molecule has 0 radical (unpaired) electrons. The quantitative estimate of drug-likeness (QED) is 0.288. The molecule has 1 aliphatic rings. The van der Waals surface area contributed by atoms with Crippen LogP contribution in [-0.2, 0) is 20.7 Å². The highest BCUT2D eigenvalue weighted by molar-refractivity contribution is 6.07. The van der Waals surface area contributed by atoms with Gasteiger partial charge in [0.15, 0.2) is 11.5 Å². The molecule has 42 heavy (non-hydrogen) atoms. The average molecular weight is 580 g/mol. The molecule has 1 fully saturated rings. The number of alkyl carbamates (subject to hydrolysis) is 1. The number of anilines is 3. The zero-order valence-electron chi connectivity index (χ0n) is 24.2. The molecule has 13 heteroatoms. The Morgan fingerprint density at radius 2 is 1.83 bits per heavy atom. The first kappa shape index (κ1) is 31.9. The molecule has 13 nitrogen and oxygen atoms in total. The number of amides is 2. The number of hydrogen-bond acceptors (Lipinski definition) is 11. The van der Waals surface area contributed by atoms with Crippen molar-refractivity contribution in [3.63, 3.8) is 0 Å². The van der Waals surface area contributed by atoms with Gasteiger partial charge in [-0.25, -0.2) is 14.8 Å². The summed E-state index contributed by atoms with van der Waals surface area (Å²) in [5.41, 5.74) is 8.67. The van der Waals surface area contributed by atoms with E-state index in [9.17, 15) is 14.4 Å². The number of carbonyl (C=O) groups is 3. The Morgan fingerprint density at radius 3 is 2.48 bits per heavy atom. The van der Waals surface area contributed by atoms with E-state index < -0.39 is 23.6 Å². The number of nitrogens with zero attached hydrogens (tertiary/aromatic N) is 4. The van der Waals surface area contributed by atoms with E-state index in [1.165, 1.54) is 6.20 Å². The van der Waals surface area contributed by atoms with Crippen molar-refractivity contribution in [1.29, 1.82) is 0 Å². The van der Waals surface area contributed by atoms with Gasteiger partial charge in [0.25, 0.3) is 5.91 Å². The molecule has 0 spiro atoms. The second-order valence-corrected chi connectivity index (χ2v) is 10.2. The Bertz CT molecular complexity index is 1360. The van der Waals surface area contributed by atoms with Crippen LogP contribution in [-0.4, -0.2) is 83.4 Å². The number of nitrogens with two attached hydrogens (primary N) is 1. The van der Waals surface area contributed by atoms with Crippen molar-refractivity contribution in [1.82, 2.24) is 20.3 Å². The first-order chi connectivity index (χ1) is 20.1. The summed E-state index contributed by atoms with van der Waals surface area (Å²) in [6, 6.07) is 8.30. The lowest BCUT2D eigenvalue weighted by atomic mass is 10.0. The molecule has 1 saturated heterocycles. The molecule has 224 valence electrons. The van der Waals surface area contributed by atoms with Crippen molar-refractivity contribution < 1.29 is 29.0 Å². The fourth-order valence-corrected chi connectivity index (χ4v) is 4.11. The summed E-state index contributed by atoms with van der Waals surface area (Å²) in [4.78, 5) is 51.7. The first-order valence-corrected chi connectivity index (χ1v) is 13.3. The van der Waals surface area contributed by atoms with E-state index >= 15 is 0 Å². The van der Waals surface area contributed by atoms with Crippen LogP contribution < -0.4 is 21.3 Å². The molecule has 5 N–H and O–H groups in total. The number of carbonyl (C=O) groups excluding carboxylic acids is 3. The summed E-state index contributed by atoms with van der Waals surface area (Å²) in [6.07, 6.45) is 5.03. The van der Waals surface area contributed by atoms with Gasteiger partial charge >= 0.3 is 6.09 Å². The van der Waals surface area contributed by atoms with Crippen molar-refractivity contribution >= 4 is 35.5 Å². The van der Waals surface area contributed by atoms with E-state index in [0.29, 0.717) is 49.5 Å². The number of rotatable bonds is 8. The summed E-state index contributed by atoms with van der Waals surface area (Å²) in [6.45, 7) is 7.85. The van der Waals surface area contributed by atoms with Crippen LogP contribution in [0.1, 0.15) is 36.8 Å². The third-order valence-electron chi connectivity index (χ3n) is 5.99. The lowest BCUT2D eigenvalue weighted by Gasteiger charge is -2.30. The predicted molar refractivity (Wildman–Crippen MR) is 158 cm³/mol. The van der Waals surface area contributed by atoms with Gasteiger partial charge in [-0.1, -0.05) is 24.3 Å². The predicted octanol–water partition coefficient (Wildman–Crippen LogP) is 2.45. The number of aldehydes is 1. The topological polar surface area (TPSA) is 182 Å². The van der Waals surface area contributed by atoms with E-state index in [1.807, 2.05) is 18.2 Å². The number of aliphatic hydroxyl groups excluding tert-OH is 1. The molecule has 2 aromatic heterocycles. The monoisotopic (exact) mass is 579 g/mol. The van der Waals surface area contributed by atoms with Crippen molar-refractivity contribution in [3.8, 4) is 11.3 Å². The molecule has 1 atom stereocenters. The normalized spacial score (nSPS) is 13.7. The number of aliphatic hydroxyl groups is 1. The number of nitrogens with one attached hydrogen (secondary N) is 2. The zero-order valence-corrected chi connectivity index (χ0v) is 24.2. The molecule has 4 rings (SSSR count). The van der Waals surface area contributed by atoms with Gasteiger partial charge in [-0.15, -0.1) is 0 Å². The number of hydrogen-bond donors (Lipinski definition) is 4. The maximum atomic E-state index is 13.2. The van der Waals surface area contributed by atoms with Crippen LogP contribution in [0, 0.1) is 0 Å². The minimum absolute atomic E-state index is 0.00303. The smallest absolute Gasteiger partial charge is 0.408 e. The highest BCUT2D eigenvalue weighted by Crippen LogP contribution is 2.27. The summed E-state index contributed by atoms with van der Waals surface area (Å²) < 4.78 is 10.7. The Morgan fingerprint density at radius 1 is 1.14 bits per heavy atom. The second kappa shape index (κ2) is 14.8. The SMILES string of the molecule is CC(C)(C)OC(=O)NC(C=O)Cc1ccc(-c2cnc(N)c(C(=O)Nc3cnccc3N3CCOCC3)n2)cc1.CO. The Hall–Kier alpha value is -4.62. The highest BCUT2D eigenvalue weighted by Gasteiger charge is 2.21. The molecule has 0 saturated carbocycles. The zero-order chi connectivity index (χ0) is 30.7. The Balaban J connectivity index is 0.00000237. The molecule has 0 bridgehead atoms. The molecule has 3 aromatic rings. The van der Waals surface area contributed by atoms with E-state index in [0.717, 1.165) is 18.4 Å². The molecule has 1 aliphatic heterocycles. The van der Waals surface area contributed by atoms with Crippen LogP contribution >= 0.6 is 0 Å². The Labute approximate surface area is 244 Å². The fraction of sp³-hybridized carbons (Fsp3) is 0.379. The molecular formula is C29H37N7O6. The summed E-state index contributed by atoms with van der Waals surface area (Å²) in [5.74, 6) is -0.509. The largest absolute Gasteiger partial charge is 0.444 e. The lowest BCUT2D eigenvalue weighted by Crippen LogP contribution is -2.41.